The van der Waals surface area contributed by atoms with Crippen LogP contribution in [-0.2, 0) is 10.0 Å². The van der Waals surface area contributed by atoms with Gasteiger partial charge in [-0.2, -0.15) is 8.42 Å². The fourth-order valence-corrected chi connectivity index (χ4v) is 4.96. The first kappa shape index (κ1) is 20.5. The van der Waals surface area contributed by atoms with Crippen LogP contribution in [-0.4, -0.2) is 26.7 Å². The summed E-state index contributed by atoms with van der Waals surface area (Å²) in [6, 6.07) is 8.54. The van der Waals surface area contributed by atoms with Gasteiger partial charge in [0.05, 0.1) is 10.6 Å². The van der Waals surface area contributed by atoms with Gasteiger partial charge in [0.1, 0.15) is 10.7 Å². The van der Waals surface area contributed by atoms with Gasteiger partial charge in [0.25, 0.3) is 15.9 Å². The summed E-state index contributed by atoms with van der Waals surface area (Å²) < 4.78 is 29.8. The number of amidine groups is 1. The van der Waals surface area contributed by atoms with Crippen molar-refractivity contribution in [3.8, 4) is 0 Å². The van der Waals surface area contributed by atoms with Crippen LogP contribution in [0.1, 0.15) is 49.7 Å². The van der Waals surface area contributed by atoms with Crippen LogP contribution in [0.4, 0.5) is 11.4 Å². The Kier molecular flexibility index (Phi) is 6.20. The molecule has 0 bridgehead atoms. The molecule has 1 aromatic carbocycles. The van der Waals surface area contributed by atoms with E-state index in [0.29, 0.717) is 41.0 Å². The lowest BCUT2D eigenvalue weighted by molar-refractivity contribution is 0.103. The summed E-state index contributed by atoms with van der Waals surface area (Å²) in [5, 5.41) is 4.60. The highest BCUT2D eigenvalue weighted by molar-refractivity contribution is 7.90. The molecule has 0 aliphatic carbocycles. The summed E-state index contributed by atoms with van der Waals surface area (Å²) in [6.45, 7) is 6.91. The van der Waals surface area contributed by atoms with Crippen LogP contribution in [0, 0.1) is 5.92 Å². The largest absolute Gasteiger partial charge is 0.328 e. The Hall–Kier alpha value is -2.19. The summed E-state index contributed by atoms with van der Waals surface area (Å²) in [5.74, 6) is 0.630. The van der Waals surface area contributed by atoms with E-state index in [9.17, 15) is 13.2 Å². The Morgan fingerprint density at radius 1 is 1.29 bits per heavy atom. The van der Waals surface area contributed by atoms with E-state index < -0.39 is 10.0 Å². The number of hydrogen-bond donors (Lipinski definition) is 1. The van der Waals surface area contributed by atoms with Gasteiger partial charge in [0, 0.05) is 18.7 Å². The molecule has 3 rings (SSSR count). The van der Waals surface area contributed by atoms with E-state index in [0.717, 1.165) is 12.8 Å². The van der Waals surface area contributed by atoms with Crippen molar-refractivity contribution in [2.45, 2.75) is 44.9 Å². The second-order valence-electron chi connectivity index (χ2n) is 7.20. The predicted molar refractivity (Wildman–Crippen MR) is 115 cm³/mol. The van der Waals surface area contributed by atoms with Gasteiger partial charge in [0.2, 0.25) is 0 Å². The van der Waals surface area contributed by atoms with Crippen molar-refractivity contribution in [3.63, 3.8) is 0 Å². The molecule has 28 heavy (non-hydrogen) atoms. The molecule has 0 atom stereocenters. The monoisotopic (exact) mass is 419 g/mol. The first-order valence-corrected chi connectivity index (χ1v) is 11.7. The number of nitrogens with one attached hydrogen (secondary N) is 1. The first-order chi connectivity index (χ1) is 13.3. The molecular formula is C20H25N3O3S2. The summed E-state index contributed by atoms with van der Waals surface area (Å²) in [7, 11) is -3.81. The highest BCUT2D eigenvalue weighted by atomic mass is 32.2. The minimum absolute atomic E-state index is 0.139. The van der Waals surface area contributed by atoms with Crippen LogP contribution in [0.15, 0.2) is 45.0 Å². The van der Waals surface area contributed by atoms with Crippen molar-refractivity contribution in [1.82, 2.24) is 0 Å². The SMILES string of the molecule is CCCCN1C(CC(C)C)=NS(=O)(=O)c2cc(NC(=O)c3cccs3)ccc21. The van der Waals surface area contributed by atoms with Gasteiger partial charge in [0.15, 0.2) is 0 Å². The topological polar surface area (TPSA) is 78.8 Å². The number of thiophene rings is 1. The van der Waals surface area contributed by atoms with Crippen LogP contribution < -0.4 is 10.2 Å². The Morgan fingerprint density at radius 2 is 2.07 bits per heavy atom. The first-order valence-electron chi connectivity index (χ1n) is 9.42. The van der Waals surface area contributed by atoms with Crippen molar-refractivity contribution in [2.24, 2.45) is 10.3 Å². The number of benzene rings is 1. The summed E-state index contributed by atoms with van der Waals surface area (Å²) >= 11 is 1.33. The Balaban J connectivity index is 1.97. The van der Waals surface area contributed by atoms with E-state index in [1.54, 1.807) is 24.3 Å². The van der Waals surface area contributed by atoms with E-state index in [1.807, 2.05) is 24.1 Å². The van der Waals surface area contributed by atoms with Crippen molar-refractivity contribution < 1.29 is 13.2 Å². The normalized spacial score (nSPS) is 15.3. The highest BCUT2D eigenvalue weighted by Gasteiger charge is 2.31. The van der Waals surface area contributed by atoms with Gasteiger partial charge in [-0.15, -0.1) is 15.7 Å². The van der Waals surface area contributed by atoms with Crippen molar-refractivity contribution in [1.29, 1.82) is 0 Å². The van der Waals surface area contributed by atoms with Crippen LogP contribution in [0.25, 0.3) is 0 Å². The average molecular weight is 420 g/mol. The number of sulfonamides is 1. The lowest BCUT2D eigenvalue weighted by Gasteiger charge is -2.32. The molecule has 0 radical (unpaired) electrons. The van der Waals surface area contributed by atoms with Crippen LogP contribution >= 0.6 is 11.3 Å². The molecule has 0 spiro atoms. The second kappa shape index (κ2) is 8.45. The second-order valence-corrected chi connectivity index (χ2v) is 9.72. The van der Waals surface area contributed by atoms with E-state index in [2.05, 4.69) is 16.6 Å². The van der Waals surface area contributed by atoms with Crippen LogP contribution in [0.2, 0.25) is 0 Å². The number of unbranched alkanes of at least 4 members (excludes halogenated alkanes) is 1. The van der Waals surface area contributed by atoms with E-state index >= 15 is 0 Å². The minimum atomic E-state index is -3.81. The molecule has 2 heterocycles. The number of carbonyl (C=O) groups excluding carboxylic acids is 1. The third-order valence-corrected chi connectivity index (χ3v) is 6.60. The van der Waals surface area contributed by atoms with Crippen molar-refractivity contribution in [3.05, 3.63) is 40.6 Å². The Morgan fingerprint density at radius 3 is 2.71 bits per heavy atom. The molecule has 1 amide bonds. The van der Waals surface area contributed by atoms with Crippen molar-refractivity contribution in [2.75, 3.05) is 16.8 Å². The number of hydrogen-bond acceptors (Lipinski definition) is 5. The van der Waals surface area contributed by atoms with Gasteiger partial charge >= 0.3 is 0 Å². The van der Waals surface area contributed by atoms with Gasteiger partial charge < -0.3 is 10.2 Å². The Bertz CT molecular complexity index is 980. The molecule has 8 heteroatoms. The Labute approximate surface area is 170 Å². The number of fused-ring (bicyclic) bond motifs is 1. The maximum absolute atomic E-state index is 12.8. The van der Waals surface area contributed by atoms with Gasteiger partial charge in [-0.05, 0) is 42.0 Å². The molecule has 0 fully saturated rings. The van der Waals surface area contributed by atoms with E-state index in [-0.39, 0.29) is 10.8 Å². The summed E-state index contributed by atoms with van der Waals surface area (Å²) in [6.07, 6.45) is 2.54. The molecule has 0 saturated heterocycles. The molecule has 1 aromatic heterocycles. The highest BCUT2D eigenvalue weighted by Crippen LogP contribution is 2.35. The number of rotatable bonds is 7. The maximum atomic E-state index is 12.8. The van der Waals surface area contributed by atoms with Gasteiger partial charge in [-0.25, -0.2) is 0 Å². The van der Waals surface area contributed by atoms with Crippen LogP contribution in [0.5, 0.6) is 0 Å². The smallest absolute Gasteiger partial charge is 0.286 e. The van der Waals surface area contributed by atoms with Crippen molar-refractivity contribution >= 4 is 44.5 Å². The molecule has 2 aromatic rings. The predicted octanol–water partition coefficient (Wildman–Crippen LogP) is 4.75. The van der Waals surface area contributed by atoms with Gasteiger partial charge in [-0.1, -0.05) is 33.3 Å². The quantitative estimate of drug-likeness (QED) is 0.702. The molecule has 6 nitrogen and oxygen atoms in total. The third kappa shape index (κ3) is 4.44. The standard InChI is InChI=1S/C20H25N3O3S2/c1-4-5-10-23-16-9-8-15(21-20(24)17-7-6-11-27-17)13-18(16)28(25,26)22-19(23)12-14(2)3/h6-9,11,13-14H,4-5,10,12H2,1-3H3,(H,21,24). The average Bonchev–Trinajstić information content (AvgIpc) is 3.16. The van der Waals surface area contributed by atoms with Crippen LogP contribution in [0.3, 0.4) is 0 Å². The van der Waals surface area contributed by atoms with E-state index in [1.165, 1.54) is 17.4 Å². The molecule has 1 aliphatic rings. The molecule has 150 valence electrons. The lowest BCUT2D eigenvalue weighted by atomic mass is 10.1. The lowest BCUT2D eigenvalue weighted by Crippen LogP contribution is -2.37. The minimum Gasteiger partial charge on any atom is -0.328 e. The fourth-order valence-electron chi connectivity index (χ4n) is 3.08. The molecule has 1 aliphatic heterocycles. The molecule has 0 unspecified atom stereocenters. The van der Waals surface area contributed by atoms with Gasteiger partial charge in [-0.3, -0.25) is 4.79 Å². The summed E-state index contributed by atoms with van der Waals surface area (Å²) in [4.78, 5) is 15.0. The number of amides is 1. The molecule has 0 saturated carbocycles. The zero-order valence-electron chi connectivity index (χ0n) is 16.3. The number of carbonyl (C=O) groups is 1. The molecular weight excluding hydrogens is 394 g/mol. The number of anilines is 2. The maximum Gasteiger partial charge on any atom is 0.286 e. The fraction of sp³-hybridized carbons (Fsp3) is 0.400. The zero-order valence-corrected chi connectivity index (χ0v) is 17.9. The van der Waals surface area contributed by atoms with E-state index in [4.69, 9.17) is 0 Å². The number of nitrogens with zero attached hydrogens (tertiary/aromatic N) is 2. The molecule has 1 N–H and O–H groups in total. The third-order valence-electron chi connectivity index (χ3n) is 4.39. The summed E-state index contributed by atoms with van der Waals surface area (Å²) in [5.41, 5.74) is 1.08. The zero-order chi connectivity index (χ0) is 20.3.